The number of carboxylic acid groups (broad SMARTS) is 1. The first kappa shape index (κ1) is 23.1. The number of halogens is 1. The van der Waals surface area contributed by atoms with Crippen molar-refractivity contribution in [2.45, 2.75) is 24.6 Å². The number of benzene rings is 1. The Kier molecular flexibility index (Phi) is 8.02. The highest BCUT2D eigenvalue weighted by Gasteiger charge is 2.23. The second-order valence-corrected chi connectivity index (χ2v) is 6.93. The van der Waals surface area contributed by atoms with E-state index in [0.717, 1.165) is 0 Å². The van der Waals surface area contributed by atoms with E-state index in [-0.39, 0.29) is 19.1 Å². The van der Waals surface area contributed by atoms with Crippen LogP contribution in [0.3, 0.4) is 0 Å². The van der Waals surface area contributed by atoms with Crippen LogP contribution in [0.25, 0.3) is 11.1 Å². The van der Waals surface area contributed by atoms with Gasteiger partial charge in [-0.1, -0.05) is 11.6 Å². The quantitative estimate of drug-likeness (QED) is 0.352. The number of nitrogens with zero attached hydrogens (tertiary/aromatic N) is 1. The van der Waals surface area contributed by atoms with Gasteiger partial charge in [-0.15, -0.1) is 0 Å². The van der Waals surface area contributed by atoms with Crippen LogP contribution in [0, 0.1) is 0 Å². The fourth-order valence-corrected chi connectivity index (χ4v) is 2.39. The molecule has 1 aliphatic heterocycles. The van der Waals surface area contributed by atoms with Gasteiger partial charge in [-0.3, -0.25) is 9.36 Å². The van der Waals surface area contributed by atoms with Crippen molar-refractivity contribution < 1.29 is 39.1 Å². The molecule has 0 spiro atoms. The molecule has 12 heteroatoms. The zero-order valence-electron chi connectivity index (χ0n) is 15.4. The van der Waals surface area contributed by atoms with E-state index in [0.29, 0.717) is 35.1 Å². The summed E-state index contributed by atoms with van der Waals surface area (Å²) < 4.78 is 17.0. The zero-order chi connectivity index (χ0) is 21.6. The molecule has 1 aromatic heterocycles. The Hall–Kier alpha value is -2.15. The lowest BCUT2D eigenvalue weighted by molar-refractivity contribution is -0.137. The Morgan fingerprint density at radius 3 is 2.34 bits per heavy atom. The van der Waals surface area contributed by atoms with E-state index < -0.39 is 37.1 Å². The van der Waals surface area contributed by atoms with Crippen LogP contribution >= 0.6 is 11.6 Å². The van der Waals surface area contributed by atoms with Crippen LogP contribution in [0.4, 0.5) is 0 Å². The van der Waals surface area contributed by atoms with Crippen molar-refractivity contribution in [3.63, 3.8) is 0 Å². The summed E-state index contributed by atoms with van der Waals surface area (Å²) in [5.41, 5.74) is 4.70. The Morgan fingerprint density at radius 1 is 1.28 bits per heavy atom. The van der Waals surface area contributed by atoms with Gasteiger partial charge in [-0.2, -0.15) is 0 Å². The summed E-state index contributed by atoms with van der Waals surface area (Å²) in [6, 6.07) is 3.08. The second-order valence-electron chi connectivity index (χ2n) is 6.53. The summed E-state index contributed by atoms with van der Waals surface area (Å²) in [6.45, 7) is -0.190. The minimum atomic E-state index is -1.21. The van der Waals surface area contributed by atoms with E-state index in [1.165, 1.54) is 10.6 Å². The number of carboxylic acids is 1. The van der Waals surface area contributed by atoms with Gasteiger partial charge >= 0.3 is 11.7 Å². The fraction of sp³-hybridized carbons (Fsp3) is 0.529. The highest BCUT2D eigenvalue weighted by molar-refractivity contribution is 6.32. The molecule has 162 valence electrons. The van der Waals surface area contributed by atoms with E-state index in [2.05, 4.69) is 0 Å². The fourth-order valence-electron chi connectivity index (χ4n) is 2.19. The van der Waals surface area contributed by atoms with Crippen LogP contribution in [-0.2, 0) is 16.1 Å². The lowest BCUT2D eigenvalue weighted by Crippen LogP contribution is -2.50. The third-order valence-electron chi connectivity index (χ3n) is 4.12. The van der Waals surface area contributed by atoms with Gasteiger partial charge in [0.25, 0.3) is 0 Å². The van der Waals surface area contributed by atoms with Crippen molar-refractivity contribution in [3.8, 4) is 5.75 Å². The predicted octanol–water partition coefficient (Wildman–Crippen LogP) is -0.839. The highest BCUT2D eigenvalue weighted by atomic mass is 35.5. The summed E-state index contributed by atoms with van der Waals surface area (Å²) in [7, 11) is 0. The third kappa shape index (κ3) is 5.92. The molecular weight excluding hydrogens is 412 g/mol. The molecule has 0 radical (unpaired) electrons. The minimum Gasteiger partial charge on any atom is -0.484 e. The average Bonchev–Trinajstić information content (AvgIpc) is 2.96. The molecule has 1 aliphatic rings. The third-order valence-corrected chi connectivity index (χ3v) is 4.41. The highest BCUT2D eigenvalue weighted by Crippen LogP contribution is 2.31. The summed E-state index contributed by atoms with van der Waals surface area (Å²) in [5, 5.41) is 34.1. The van der Waals surface area contributed by atoms with Gasteiger partial charge in [-0.05, 0) is 6.07 Å². The summed E-state index contributed by atoms with van der Waals surface area (Å²) in [6.07, 6.45) is -0.232. The normalized spacial score (nSPS) is 14.2. The molecule has 2 heterocycles. The van der Waals surface area contributed by atoms with Crippen LogP contribution in [0.2, 0.25) is 5.02 Å². The number of aliphatic hydroxyl groups excluding tert-OH is 3. The molecule has 29 heavy (non-hydrogen) atoms. The zero-order valence-corrected chi connectivity index (χ0v) is 16.2. The molecule has 3 rings (SSSR count). The van der Waals surface area contributed by atoms with Gasteiger partial charge in [0.1, 0.15) is 11.9 Å². The first-order chi connectivity index (χ1) is 13.7. The number of ether oxygens (including phenoxy) is 2. The number of aryl methyl sites for hydroxylation is 1. The molecule has 6 N–H and O–H groups in total. The minimum absolute atomic E-state index is 0.0220. The molecule has 2 aromatic rings. The van der Waals surface area contributed by atoms with Gasteiger partial charge < -0.3 is 40.1 Å². The number of aliphatic carboxylic acids is 1. The van der Waals surface area contributed by atoms with Gasteiger partial charge in [0, 0.05) is 12.6 Å². The van der Waals surface area contributed by atoms with E-state index in [1.54, 1.807) is 6.07 Å². The molecule has 0 aliphatic carbocycles. The molecule has 1 fully saturated rings. The average molecular weight is 435 g/mol. The van der Waals surface area contributed by atoms with Crippen molar-refractivity contribution >= 4 is 28.7 Å². The lowest BCUT2D eigenvalue weighted by Gasteiger charge is -2.27. The van der Waals surface area contributed by atoms with E-state index >= 15 is 0 Å². The number of oxazole rings is 1. The Bertz CT molecular complexity index is 879. The number of carbonyl (C=O) groups is 1. The number of aliphatic hydroxyl groups is 3. The molecule has 0 saturated carbocycles. The number of hydrogen-bond donors (Lipinski definition) is 5. The van der Waals surface area contributed by atoms with Crippen molar-refractivity contribution in [3.05, 3.63) is 27.7 Å². The summed E-state index contributed by atoms with van der Waals surface area (Å²) >= 11 is 6.13. The summed E-state index contributed by atoms with van der Waals surface area (Å²) in [4.78, 5) is 22.4. The maximum Gasteiger partial charge on any atom is 0.419 e. The van der Waals surface area contributed by atoms with Gasteiger partial charge in [-0.25, -0.2) is 4.79 Å². The van der Waals surface area contributed by atoms with Gasteiger partial charge in [0.2, 0.25) is 0 Å². The molecule has 0 atom stereocenters. The number of hydrogen-bond acceptors (Lipinski definition) is 9. The summed E-state index contributed by atoms with van der Waals surface area (Å²) in [5.74, 6) is -1.20. The second kappa shape index (κ2) is 10.1. The van der Waals surface area contributed by atoms with Crippen LogP contribution < -0.4 is 16.2 Å². The smallest absolute Gasteiger partial charge is 0.419 e. The van der Waals surface area contributed by atoms with Crippen molar-refractivity contribution in [1.82, 2.24) is 4.57 Å². The number of aromatic nitrogens is 1. The van der Waals surface area contributed by atoms with Gasteiger partial charge in [0.15, 0.2) is 5.58 Å². The largest absolute Gasteiger partial charge is 0.484 e. The molecule has 1 saturated heterocycles. The molecule has 0 bridgehead atoms. The Morgan fingerprint density at radius 2 is 1.90 bits per heavy atom. The van der Waals surface area contributed by atoms with E-state index in [9.17, 15) is 9.59 Å². The van der Waals surface area contributed by atoms with E-state index in [4.69, 9.17) is 51.7 Å². The van der Waals surface area contributed by atoms with Crippen LogP contribution in [-0.4, -0.2) is 75.6 Å². The SMILES string of the molecule is NC(CO)(CO)CO.O=C(O)CCn1c(=O)oc2cc(OC3COC3)c(Cl)cc21. The molecule has 0 amide bonds. The van der Waals surface area contributed by atoms with Crippen molar-refractivity contribution in [2.75, 3.05) is 33.0 Å². The molecular formula is C17H23ClN2O9. The first-order valence-electron chi connectivity index (χ1n) is 8.63. The molecule has 11 nitrogen and oxygen atoms in total. The molecule has 0 unspecified atom stereocenters. The van der Waals surface area contributed by atoms with E-state index in [1.807, 2.05) is 0 Å². The molecule has 1 aromatic carbocycles. The number of fused-ring (bicyclic) bond motifs is 1. The van der Waals surface area contributed by atoms with Crippen LogP contribution in [0.5, 0.6) is 5.75 Å². The standard InChI is InChI=1S/C13H12ClNO6.C4H11NO3/c14-8-3-9-11(4-10(8)20-7-5-19-6-7)21-13(18)15(9)2-1-12(16)17;5-4(1-6,2-7)3-8/h3-4,7H,1-2,5-6H2,(H,16,17);6-8H,1-3,5H2. The van der Waals surface area contributed by atoms with Gasteiger partial charge in [0.05, 0.1) is 55.5 Å². The maximum atomic E-state index is 11.8. The lowest BCUT2D eigenvalue weighted by atomic mass is 10.1. The first-order valence-corrected chi connectivity index (χ1v) is 9.01. The van der Waals surface area contributed by atoms with Crippen molar-refractivity contribution in [1.29, 1.82) is 0 Å². The monoisotopic (exact) mass is 434 g/mol. The van der Waals surface area contributed by atoms with Crippen LogP contribution in [0.1, 0.15) is 6.42 Å². The predicted molar refractivity (Wildman–Crippen MR) is 101 cm³/mol. The topological polar surface area (TPSA) is 178 Å². The number of nitrogens with two attached hydrogens (primary N) is 1. The number of rotatable bonds is 8. The van der Waals surface area contributed by atoms with Crippen LogP contribution in [0.15, 0.2) is 21.3 Å². The maximum absolute atomic E-state index is 11.8. The Labute approximate surface area is 169 Å². The Balaban J connectivity index is 0.000000321. The van der Waals surface area contributed by atoms with Crippen molar-refractivity contribution in [2.24, 2.45) is 5.73 Å².